The fourth-order valence-electron chi connectivity index (χ4n) is 1.98. The SMILES string of the molecule is CCC[C@@H](O)[C@@H](NS(=O)(=O)c1ccc(Br)s1)[C@@H](C)CC. The summed E-state index contributed by atoms with van der Waals surface area (Å²) in [5.74, 6) is 0.0785. The Labute approximate surface area is 133 Å². The molecule has 0 saturated heterocycles. The smallest absolute Gasteiger partial charge is 0.250 e. The molecule has 0 unspecified atom stereocenters. The van der Waals surface area contributed by atoms with E-state index in [4.69, 9.17) is 0 Å². The summed E-state index contributed by atoms with van der Waals surface area (Å²) in [5, 5.41) is 10.2. The molecule has 0 aromatic carbocycles. The molecule has 2 N–H and O–H groups in total. The minimum atomic E-state index is -3.58. The zero-order valence-corrected chi connectivity index (χ0v) is 15.2. The molecule has 1 heterocycles. The summed E-state index contributed by atoms with van der Waals surface area (Å²) >= 11 is 4.43. The standard InChI is InChI=1S/C13H22BrNO3S2/c1-4-6-10(16)13(9(3)5-2)15-20(17,18)12-8-7-11(14)19-12/h7-10,13,15-16H,4-6H2,1-3H3/t9-,10+,13-/m0/s1. The second kappa shape index (κ2) is 7.89. The van der Waals surface area contributed by atoms with Crippen LogP contribution in [0.4, 0.5) is 0 Å². The van der Waals surface area contributed by atoms with E-state index in [9.17, 15) is 13.5 Å². The number of hydrogen-bond acceptors (Lipinski definition) is 4. The monoisotopic (exact) mass is 383 g/mol. The average Bonchev–Trinajstić information content (AvgIpc) is 2.83. The van der Waals surface area contributed by atoms with E-state index < -0.39 is 22.2 Å². The van der Waals surface area contributed by atoms with Crippen molar-refractivity contribution in [2.24, 2.45) is 5.92 Å². The quantitative estimate of drug-likeness (QED) is 0.722. The van der Waals surface area contributed by atoms with Crippen molar-refractivity contribution in [3.63, 3.8) is 0 Å². The third-order valence-corrected chi connectivity index (χ3v) is 6.94. The summed E-state index contributed by atoms with van der Waals surface area (Å²) in [4.78, 5) is 0. The number of halogens is 1. The Morgan fingerprint density at radius 1 is 1.40 bits per heavy atom. The van der Waals surface area contributed by atoms with E-state index in [1.54, 1.807) is 12.1 Å². The first-order valence-corrected chi connectivity index (χ1v) is 9.86. The molecule has 1 rings (SSSR count). The fourth-order valence-corrected chi connectivity index (χ4v) is 5.39. The lowest BCUT2D eigenvalue weighted by Crippen LogP contribution is -2.47. The Morgan fingerprint density at radius 3 is 2.50 bits per heavy atom. The van der Waals surface area contributed by atoms with Crippen molar-refractivity contribution in [3.05, 3.63) is 15.9 Å². The lowest BCUT2D eigenvalue weighted by atomic mass is 9.93. The third-order valence-electron chi connectivity index (χ3n) is 3.36. The molecule has 20 heavy (non-hydrogen) atoms. The van der Waals surface area contributed by atoms with Gasteiger partial charge in [0.25, 0.3) is 0 Å². The maximum Gasteiger partial charge on any atom is 0.250 e. The first-order chi connectivity index (χ1) is 9.31. The number of hydrogen-bond donors (Lipinski definition) is 2. The van der Waals surface area contributed by atoms with Crippen LogP contribution in [0.1, 0.15) is 40.0 Å². The van der Waals surface area contributed by atoms with Crippen LogP contribution in [-0.2, 0) is 10.0 Å². The Morgan fingerprint density at radius 2 is 2.05 bits per heavy atom. The Hall–Kier alpha value is 0.0500. The predicted molar refractivity (Wildman–Crippen MR) is 86.5 cm³/mol. The largest absolute Gasteiger partial charge is 0.391 e. The van der Waals surface area contributed by atoms with Crippen molar-refractivity contribution >= 4 is 37.3 Å². The molecule has 1 aromatic rings. The topological polar surface area (TPSA) is 66.4 Å². The van der Waals surface area contributed by atoms with Gasteiger partial charge in [-0.25, -0.2) is 13.1 Å². The minimum absolute atomic E-state index is 0.0785. The van der Waals surface area contributed by atoms with E-state index in [1.165, 1.54) is 11.3 Å². The van der Waals surface area contributed by atoms with Gasteiger partial charge in [0.05, 0.1) is 15.9 Å². The number of nitrogens with one attached hydrogen (secondary N) is 1. The summed E-state index contributed by atoms with van der Waals surface area (Å²) in [6, 6.07) is 2.82. The van der Waals surface area contributed by atoms with E-state index >= 15 is 0 Å². The molecule has 0 amide bonds. The summed E-state index contributed by atoms with van der Waals surface area (Å²) in [5.41, 5.74) is 0. The molecule has 7 heteroatoms. The second-order valence-corrected chi connectivity index (χ2v) is 9.35. The zero-order chi connectivity index (χ0) is 15.3. The molecule has 0 bridgehead atoms. The van der Waals surface area contributed by atoms with E-state index in [2.05, 4.69) is 20.7 Å². The zero-order valence-electron chi connectivity index (χ0n) is 12.0. The van der Waals surface area contributed by atoms with Gasteiger partial charge >= 0.3 is 0 Å². The molecule has 0 radical (unpaired) electrons. The molecule has 3 atom stereocenters. The highest BCUT2D eigenvalue weighted by Gasteiger charge is 2.29. The van der Waals surface area contributed by atoms with Gasteiger partial charge in [-0.1, -0.05) is 33.6 Å². The number of thiophene rings is 1. The van der Waals surface area contributed by atoms with Crippen LogP contribution in [0.25, 0.3) is 0 Å². The Balaban J connectivity index is 2.94. The summed E-state index contributed by atoms with van der Waals surface area (Å²) in [7, 11) is -3.58. The van der Waals surface area contributed by atoms with Crippen molar-refractivity contribution in [2.75, 3.05) is 0 Å². The van der Waals surface area contributed by atoms with Gasteiger partial charge in [-0.3, -0.25) is 0 Å². The van der Waals surface area contributed by atoms with E-state index in [0.29, 0.717) is 6.42 Å². The first-order valence-electron chi connectivity index (χ1n) is 6.77. The van der Waals surface area contributed by atoms with Crippen LogP contribution in [0.2, 0.25) is 0 Å². The minimum Gasteiger partial charge on any atom is -0.391 e. The van der Waals surface area contributed by atoms with Gasteiger partial charge in [-0.15, -0.1) is 11.3 Å². The lowest BCUT2D eigenvalue weighted by molar-refractivity contribution is 0.102. The molecule has 0 aliphatic rings. The fraction of sp³-hybridized carbons (Fsp3) is 0.692. The van der Waals surface area contributed by atoms with Gasteiger partial charge < -0.3 is 5.11 Å². The maximum absolute atomic E-state index is 12.4. The molecule has 0 aliphatic heterocycles. The van der Waals surface area contributed by atoms with Crippen molar-refractivity contribution in [1.82, 2.24) is 4.72 Å². The maximum atomic E-state index is 12.4. The van der Waals surface area contributed by atoms with Crippen LogP contribution in [0.15, 0.2) is 20.1 Å². The summed E-state index contributed by atoms with van der Waals surface area (Å²) < 4.78 is 28.4. The van der Waals surface area contributed by atoms with Gasteiger partial charge in [0.1, 0.15) is 4.21 Å². The van der Waals surface area contributed by atoms with Gasteiger partial charge in [-0.05, 0) is 40.4 Å². The number of sulfonamides is 1. The molecular weight excluding hydrogens is 362 g/mol. The molecule has 0 saturated carbocycles. The van der Waals surface area contributed by atoms with Crippen molar-refractivity contribution < 1.29 is 13.5 Å². The molecule has 116 valence electrons. The Kier molecular flexibility index (Phi) is 7.14. The molecule has 1 aromatic heterocycles. The molecule has 4 nitrogen and oxygen atoms in total. The van der Waals surface area contributed by atoms with Crippen molar-refractivity contribution in [2.45, 2.75) is 56.4 Å². The highest BCUT2D eigenvalue weighted by atomic mass is 79.9. The lowest BCUT2D eigenvalue weighted by Gasteiger charge is -2.28. The Bertz CT molecular complexity index is 515. The van der Waals surface area contributed by atoms with Crippen LogP contribution in [0, 0.1) is 5.92 Å². The molecule has 0 spiro atoms. The van der Waals surface area contributed by atoms with Gasteiger partial charge in [0.2, 0.25) is 10.0 Å². The van der Waals surface area contributed by atoms with Crippen LogP contribution < -0.4 is 4.72 Å². The normalized spacial score (nSPS) is 16.9. The van der Waals surface area contributed by atoms with Crippen molar-refractivity contribution in [3.8, 4) is 0 Å². The number of aliphatic hydroxyl groups excluding tert-OH is 1. The van der Waals surface area contributed by atoms with Gasteiger partial charge in [0, 0.05) is 0 Å². The summed E-state index contributed by atoms with van der Waals surface area (Å²) in [6.45, 7) is 5.92. The summed E-state index contributed by atoms with van der Waals surface area (Å²) in [6.07, 6.45) is 1.56. The van der Waals surface area contributed by atoms with Crippen LogP contribution in [0.3, 0.4) is 0 Å². The van der Waals surface area contributed by atoms with Crippen LogP contribution in [-0.4, -0.2) is 25.7 Å². The highest BCUT2D eigenvalue weighted by Crippen LogP contribution is 2.27. The van der Waals surface area contributed by atoms with Crippen molar-refractivity contribution in [1.29, 1.82) is 0 Å². The van der Waals surface area contributed by atoms with E-state index in [-0.39, 0.29) is 10.1 Å². The number of rotatable bonds is 8. The van der Waals surface area contributed by atoms with Gasteiger partial charge in [-0.2, -0.15) is 0 Å². The third kappa shape index (κ3) is 4.80. The average molecular weight is 384 g/mol. The molecule has 0 aliphatic carbocycles. The predicted octanol–water partition coefficient (Wildman–Crippen LogP) is 3.36. The van der Waals surface area contributed by atoms with E-state index in [1.807, 2.05) is 20.8 Å². The number of aliphatic hydroxyl groups is 1. The van der Waals surface area contributed by atoms with Crippen LogP contribution >= 0.6 is 27.3 Å². The first kappa shape index (κ1) is 18.1. The second-order valence-electron chi connectivity index (χ2n) is 4.95. The van der Waals surface area contributed by atoms with Crippen LogP contribution in [0.5, 0.6) is 0 Å². The van der Waals surface area contributed by atoms with Gasteiger partial charge in [0.15, 0.2) is 0 Å². The van der Waals surface area contributed by atoms with E-state index in [0.717, 1.165) is 16.6 Å². The highest BCUT2D eigenvalue weighted by molar-refractivity contribution is 9.11. The molecular formula is C13H22BrNO3S2. The molecule has 0 fully saturated rings.